The number of hydrogen-bond acceptors (Lipinski definition) is 3. The van der Waals surface area contributed by atoms with Crippen LogP contribution >= 0.6 is 0 Å². The molecule has 5 heteroatoms. The summed E-state index contributed by atoms with van der Waals surface area (Å²) in [5, 5.41) is 9.52. The Morgan fingerprint density at radius 3 is 2.68 bits per heavy atom. The Hall–Kier alpha value is -2.35. The fourth-order valence-electron chi connectivity index (χ4n) is 1.79. The molecule has 4 nitrogen and oxygen atoms in total. The first-order valence-electron chi connectivity index (χ1n) is 5.76. The third-order valence-corrected chi connectivity index (χ3v) is 2.46. The highest BCUT2D eigenvalue weighted by Gasteiger charge is 2.20. The maximum Gasteiger partial charge on any atom is 0.419 e. The van der Waals surface area contributed by atoms with E-state index in [0.717, 1.165) is 6.07 Å². The molecule has 2 aromatic rings. The van der Waals surface area contributed by atoms with Gasteiger partial charge in [-0.25, -0.2) is 9.18 Å². The molecule has 0 atom stereocenters. The van der Waals surface area contributed by atoms with Crippen molar-refractivity contribution >= 4 is 17.0 Å². The van der Waals surface area contributed by atoms with E-state index >= 15 is 0 Å². The molecule has 98 valence electrons. The Balaban J connectivity index is 2.57. The maximum atomic E-state index is 13.3. The molecular formula is C14H13FN2O2. The molecule has 2 rings (SSSR count). The van der Waals surface area contributed by atoms with E-state index in [1.165, 1.54) is 16.8 Å². The number of aromatic nitrogens is 1. The predicted molar refractivity (Wildman–Crippen MR) is 68.2 cm³/mol. The Bertz CT molecular complexity index is 690. The molecule has 19 heavy (non-hydrogen) atoms. The summed E-state index contributed by atoms with van der Waals surface area (Å²) >= 11 is 0. The molecule has 0 fully saturated rings. The van der Waals surface area contributed by atoms with Gasteiger partial charge in [-0.3, -0.25) is 4.57 Å². The van der Waals surface area contributed by atoms with Crippen LogP contribution in [0.5, 0.6) is 0 Å². The van der Waals surface area contributed by atoms with Crippen LogP contribution < -0.4 is 0 Å². The number of carbonyl (C=O) groups excluding carboxylic acids is 1. The van der Waals surface area contributed by atoms with Crippen LogP contribution in [-0.2, 0) is 4.74 Å². The van der Waals surface area contributed by atoms with Gasteiger partial charge in [0.15, 0.2) is 0 Å². The van der Waals surface area contributed by atoms with Crippen LogP contribution in [-0.4, -0.2) is 16.3 Å². The van der Waals surface area contributed by atoms with Crippen LogP contribution in [0.4, 0.5) is 9.18 Å². The molecule has 1 aromatic carbocycles. The number of halogens is 1. The molecular weight excluding hydrogens is 247 g/mol. The van der Waals surface area contributed by atoms with Gasteiger partial charge < -0.3 is 4.74 Å². The molecule has 0 unspecified atom stereocenters. The lowest BCUT2D eigenvalue weighted by atomic mass is 10.1. The first kappa shape index (κ1) is 13.1. The summed E-state index contributed by atoms with van der Waals surface area (Å²) in [5.74, 6) is -0.508. The summed E-state index contributed by atoms with van der Waals surface area (Å²) in [6, 6.07) is 5.83. The van der Waals surface area contributed by atoms with Crippen molar-refractivity contribution in [3.05, 3.63) is 35.8 Å². The van der Waals surface area contributed by atoms with Crippen LogP contribution in [0.15, 0.2) is 24.4 Å². The molecule has 0 N–H and O–H groups in total. The van der Waals surface area contributed by atoms with Crippen LogP contribution in [0, 0.1) is 17.1 Å². The average Bonchev–Trinajstić information content (AvgIpc) is 2.69. The van der Waals surface area contributed by atoms with E-state index in [2.05, 4.69) is 0 Å². The van der Waals surface area contributed by atoms with E-state index in [4.69, 9.17) is 10.00 Å². The number of nitriles is 1. The monoisotopic (exact) mass is 260 g/mol. The van der Waals surface area contributed by atoms with Crippen LogP contribution in [0.3, 0.4) is 0 Å². The largest absolute Gasteiger partial charge is 0.443 e. The van der Waals surface area contributed by atoms with Gasteiger partial charge in [-0.2, -0.15) is 5.26 Å². The molecule has 1 heterocycles. The standard InChI is InChI=1S/C14H13FN2O2/c1-14(2,3)19-13(18)17-5-4-9-6-11(15)7-10(8-16)12(9)17/h4-7H,1-3H3. The Morgan fingerprint density at radius 1 is 1.42 bits per heavy atom. The predicted octanol–water partition coefficient (Wildman–Crippen LogP) is 3.44. The third-order valence-electron chi connectivity index (χ3n) is 2.46. The third kappa shape index (κ3) is 2.58. The highest BCUT2D eigenvalue weighted by atomic mass is 19.1. The maximum absolute atomic E-state index is 13.3. The number of benzene rings is 1. The van der Waals surface area contributed by atoms with Crippen LogP contribution in [0.25, 0.3) is 10.9 Å². The zero-order valence-electron chi connectivity index (χ0n) is 10.9. The molecule has 0 spiro atoms. The summed E-state index contributed by atoms with van der Waals surface area (Å²) in [6.07, 6.45) is 0.879. The number of ether oxygens (including phenoxy) is 1. The average molecular weight is 260 g/mol. The van der Waals surface area contributed by atoms with Crippen molar-refractivity contribution in [2.45, 2.75) is 26.4 Å². The summed E-state index contributed by atoms with van der Waals surface area (Å²) in [4.78, 5) is 12.0. The van der Waals surface area contributed by atoms with E-state index in [9.17, 15) is 9.18 Å². The zero-order valence-corrected chi connectivity index (χ0v) is 10.9. The van der Waals surface area contributed by atoms with Crippen molar-refractivity contribution < 1.29 is 13.9 Å². The fraction of sp³-hybridized carbons (Fsp3) is 0.286. The van der Waals surface area contributed by atoms with Gasteiger partial charge in [0.2, 0.25) is 0 Å². The molecule has 0 saturated carbocycles. The quantitative estimate of drug-likeness (QED) is 0.729. The highest BCUT2D eigenvalue weighted by Crippen LogP contribution is 2.23. The Morgan fingerprint density at radius 2 is 2.11 bits per heavy atom. The van der Waals surface area contributed by atoms with Crippen molar-refractivity contribution in [1.82, 2.24) is 4.57 Å². The number of nitrogens with zero attached hydrogens (tertiary/aromatic N) is 2. The van der Waals surface area contributed by atoms with Crippen molar-refractivity contribution in [3.63, 3.8) is 0 Å². The van der Waals surface area contributed by atoms with Gasteiger partial charge in [0, 0.05) is 11.6 Å². The van der Waals surface area contributed by atoms with Gasteiger partial charge in [-0.05, 0) is 39.0 Å². The minimum atomic E-state index is -0.638. The molecule has 1 aromatic heterocycles. The molecule has 0 saturated heterocycles. The van der Waals surface area contributed by atoms with Crippen molar-refractivity contribution in [3.8, 4) is 6.07 Å². The summed E-state index contributed by atoms with van der Waals surface area (Å²) in [5.41, 5.74) is -0.176. The van der Waals surface area contributed by atoms with Crippen molar-refractivity contribution in [1.29, 1.82) is 5.26 Å². The molecule has 0 aliphatic heterocycles. The minimum Gasteiger partial charge on any atom is -0.443 e. The number of rotatable bonds is 0. The summed E-state index contributed by atoms with van der Waals surface area (Å²) in [7, 11) is 0. The molecule has 0 amide bonds. The normalized spacial score (nSPS) is 11.3. The van der Waals surface area contributed by atoms with Crippen molar-refractivity contribution in [2.75, 3.05) is 0 Å². The number of carbonyl (C=O) groups is 1. The summed E-state index contributed by atoms with van der Waals surface area (Å²) < 4.78 is 19.8. The summed E-state index contributed by atoms with van der Waals surface area (Å²) in [6.45, 7) is 5.25. The fourth-order valence-corrected chi connectivity index (χ4v) is 1.79. The van der Waals surface area contributed by atoms with Gasteiger partial charge in [-0.1, -0.05) is 0 Å². The van der Waals surface area contributed by atoms with Gasteiger partial charge in [0.25, 0.3) is 0 Å². The van der Waals surface area contributed by atoms with E-state index in [1.54, 1.807) is 26.8 Å². The van der Waals surface area contributed by atoms with Gasteiger partial charge >= 0.3 is 6.09 Å². The SMILES string of the molecule is CC(C)(C)OC(=O)n1ccc2cc(F)cc(C#N)c21. The van der Waals surface area contributed by atoms with Crippen molar-refractivity contribution in [2.24, 2.45) is 0 Å². The second kappa shape index (κ2) is 4.39. The van der Waals surface area contributed by atoms with E-state index in [1.807, 2.05) is 6.07 Å². The van der Waals surface area contributed by atoms with Gasteiger partial charge in [-0.15, -0.1) is 0 Å². The van der Waals surface area contributed by atoms with Crippen LogP contribution in [0.1, 0.15) is 26.3 Å². The second-order valence-corrected chi connectivity index (χ2v) is 5.17. The lowest BCUT2D eigenvalue weighted by molar-refractivity contribution is 0.0544. The van der Waals surface area contributed by atoms with Gasteiger partial charge in [0.1, 0.15) is 17.5 Å². The Kier molecular flexibility index (Phi) is 3.03. The number of hydrogen-bond donors (Lipinski definition) is 0. The lowest BCUT2D eigenvalue weighted by Gasteiger charge is -2.19. The smallest absolute Gasteiger partial charge is 0.419 e. The minimum absolute atomic E-state index is 0.103. The Labute approximate surface area is 110 Å². The first-order chi connectivity index (χ1) is 8.81. The first-order valence-corrected chi connectivity index (χ1v) is 5.76. The van der Waals surface area contributed by atoms with E-state index in [0.29, 0.717) is 10.9 Å². The topological polar surface area (TPSA) is 55.0 Å². The molecule has 0 bridgehead atoms. The highest BCUT2D eigenvalue weighted by molar-refractivity contribution is 5.93. The molecule has 0 aliphatic rings. The van der Waals surface area contributed by atoms with E-state index in [-0.39, 0.29) is 5.56 Å². The van der Waals surface area contributed by atoms with Crippen LogP contribution in [0.2, 0.25) is 0 Å². The molecule has 0 radical (unpaired) electrons. The van der Waals surface area contributed by atoms with E-state index < -0.39 is 17.5 Å². The number of fused-ring (bicyclic) bond motifs is 1. The molecule has 0 aliphatic carbocycles. The van der Waals surface area contributed by atoms with Gasteiger partial charge in [0.05, 0.1) is 11.1 Å². The lowest BCUT2D eigenvalue weighted by Crippen LogP contribution is -2.26. The zero-order chi connectivity index (χ0) is 14.2. The second-order valence-electron chi connectivity index (χ2n) is 5.17.